The number of aromatic carboxylic acids is 1. The van der Waals surface area contributed by atoms with Crippen molar-refractivity contribution in [1.82, 2.24) is 5.32 Å². The molecule has 0 saturated carbocycles. The van der Waals surface area contributed by atoms with Gasteiger partial charge >= 0.3 is 5.97 Å². The molecule has 1 aromatic rings. The van der Waals surface area contributed by atoms with E-state index < -0.39 is 10.9 Å². The average Bonchev–Trinajstić information content (AvgIpc) is 2.45. The lowest BCUT2D eigenvalue weighted by molar-refractivity contribution is -0.384. The van der Waals surface area contributed by atoms with Gasteiger partial charge in [0.05, 0.1) is 4.92 Å². The van der Waals surface area contributed by atoms with Crippen LogP contribution in [0, 0.1) is 10.1 Å². The highest BCUT2D eigenvalue weighted by Gasteiger charge is 2.17. The number of amides is 1. The number of benzene rings is 1. The van der Waals surface area contributed by atoms with Crippen molar-refractivity contribution in [3.05, 3.63) is 33.9 Å². The number of rotatable bonds is 8. The number of non-ortho nitro benzene ring substituents is 1. The summed E-state index contributed by atoms with van der Waals surface area (Å²) in [4.78, 5) is 32.4. The Hall–Kier alpha value is -2.64. The number of carboxylic acid groups (broad SMARTS) is 1. The predicted molar refractivity (Wildman–Crippen MR) is 73.5 cm³/mol. The van der Waals surface area contributed by atoms with E-state index >= 15 is 0 Å². The maximum Gasteiger partial charge on any atom is 0.339 e. The van der Waals surface area contributed by atoms with Gasteiger partial charge in [0.25, 0.3) is 11.6 Å². The first-order valence-corrected chi connectivity index (χ1v) is 6.37. The van der Waals surface area contributed by atoms with E-state index in [9.17, 15) is 19.7 Å². The molecule has 0 aliphatic heterocycles. The van der Waals surface area contributed by atoms with Gasteiger partial charge in [0.15, 0.2) is 6.61 Å². The van der Waals surface area contributed by atoms with Crippen molar-refractivity contribution in [2.75, 3.05) is 13.2 Å². The van der Waals surface area contributed by atoms with Crippen molar-refractivity contribution in [2.45, 2.75) is 19.8 Å². The van der Waals surface area contributed by atoms with Gasteiger partial charge in [-0.25, -0.2) is 4.79 Å². The summed E-state index contributed by atoms with van der Waals surface area (Å²) in [6.07, 6.45) is 1.77. The van der Waals surface area contributed by atoms with E-state index in [2.05, 4.69) is 5.32 Å². The number of carbonyl (C=O) groups excluding carboxylic acids is 1. The first-order valence-electron chi connectivity index (χ1n) is 6.37. The van der Waals surface area contributed by atoms with E-state index in [1.54, 1.807) is 0 Å². The van der Waals surface area contributed by atoms with Gasteiger partial charge in [-0.05, 0) is 12.5 Å². The molecule has 21 heavy (non-hydrogen) atoms. The summed E-state index contributed by atoms with van der Waals surface area (Å²) in [5.74, 6) is -1.82. The Balaban J connectivity index is 2.72. The second-order valence-electron chi connectivity index (χ2n) is 4.23. The molecular formula is C13H16N2O6. The van der Waals surface area contributed by atoms with Gasteiger partial charge in [0.2, 0.25) is 0 Å². The Kier molecular flexibility index (Phi) is 6.12. The Labute approximate surface area is 120 Å². The Morgan fingerprint density at radius 1 is 1.43 bits per heavy atom. The largest absolute Gasteiger partial charge is 0.483 e. The van der Waals surface area contributed by atoms with Crippen molar-refractivity contribution in [3.8, 4) is 5.75 Å². The lowest BCUT2D eigenvalue weighted by Crippen LogP contribution is -2.29. The number of nitrogens with zero attached hydrogens (tertiary/aromatic N) is 1. The maximum atomic E-state index is 11.5. The molecule has 8 heteroatoms. The quantitative estimate of drug-likeness (QED) is 0.427. The summed E-state index contributed by atoms with van der Waals surface area (Å²) in [6.45, 7) is 2.16. The van der Waals surface area contributed by atoms with Gasteiger partial charge in [-0.2, -0.15) is 0 Å². The second-order valence-corrected chi connectivity index (χ2v) is 4.23. The summed E-state index contributed by atoms with van der Waals surface area (Å²) in [5.41, 5.74) is -0.710. The molecule has 0 spiro atoms. The number of hydrogen-bond acceptors (Lipinski definition) is 5. The van der Waals surface area contributed by atoms with Crippen LogP contribution in [-0.4, -0.2) is 35.1 Å². The van der Waals surface area contributed by atoms with Gasteiger partial charge < -0.3 is 15.2 Å². The third-order valence-electron chi connectivity index (χ3n) is 2.62. The Bertz CT molecular complexity index is 543. The van der Waals surface area contributed by atoms with E-state index in [4.69, 9.17) is 9.84 Å². The number of carboxylic acids is 1. The molecule has 0 bridgehead atoms. The minimum atomic E-state index is -1.36. The van der Waals surface area contributed by atoms with Gasteiger partial charge in [0.1, 0.15) is 11.3 Å². The number of nitrogens with one attached hydrogen (secondary N) is 1. The zero-order valence-electron chi connectivity index (χ0n) is 11.5. The van der Waals surface area contributed by atoms with Crippen LogP contribution >= 0.6 is 0 Å². The fourth-order valence-corrected chi connectivity index (χ4v) is 1.52. The number of carbonyl (C=O) groups is 2. The van der Waals surface area contributed by atoms with Gasteiger partial charge in [-0.3, -0.25) is 14.9 Å². The fraction of sp³-hybridized carbons (Fsp3) is 0.385. The maximum absolute atomic E-state index is 11.5. The van der Waals surface area contributed by atoms with Crippen LogP contribution in [0.25, 0.3) is 0 Å². The van der Waals surface area contributed by atoms with Gasteiger partial charge in [-0.1, -0.05) is 13.3 Å². The zero-order chi connectivity index (χ0) is 15.8. The van der Waals surface area contributed by atoms with Crippen LogP contribution in [0.15, 0.2) is 18.2 Å². The van der Waals surface area contributed by atoms with E-state index in [1.807, 2.05) is 6.92 Å². The van der Waals surface area contributed by atoms with E-state index in [0.717, 1.165) is 25.0 Å². The predicted octanol–water partition coefficient (Wildman–Crippen LogP) is 1.59. The molecule has 1 aromatic carbocycles. The molecule has 0 fully saturated rings. The van der Waals surface area contributed by atoms with Crippen LogP contribution < -0.4 is 10.1 Å². The molecule has 1 amide bonds. The van der Waals surface area contributed by atoms with E-state index in [0.29, 0.717) is 6.54 Å². The summed E-state index contributed by atoms with van der Waals surface area (Å²) in [7, 11) is 0. The Morgan fingerprint density at radius 2 is 2.14 bits per heavy atom. The van der Waals surface area contributed by atoms with Crippen LogP contribution in [0.2, 0.25) is 0 Å². The molecule has 0 saturated heterocycles. The average molecular weight is 296 g/mol. The SMILES string of the molecule is CCCCNC(=O)COc1ccc([N+](=O)[O-])cc1C(=O)O. The Morgan fingerprint density at radius 3 is 2.71 bits per heavy atom. The number of unbranched alkanes of at least 4 members (excludes halogenated alkanes) is 1. The van der Waals surface area contributed by atoms with Crippen molar-refractivity contribution in [3.63, 3.8) is 0 Å². The highest BCUT2D eigenvalue weighted by atomic mass is 16.6. The molecule has 2 N–H and O–H groups in total. The molecule has 0 radical (unpaired) electrons. The fourth-order valence-electron chi connectivity index (χ4n) is 1.52. The van der Waals surface area contributed by atoms with Crippen molar-refractivity contribution in [1.29, 1.82) is 0 Å². The molecule has 8 nitrogen and oxygen atoms in total. The second kappa shape index (κ2) is 7.83. The number of hydrogen-bond donors (Lipinski definition) is 2. The summed E-state index contributed by atoms with van der Waals surface area (Å²) >= 11 is 0. The highest BCUT2D eigenvalue weighted by Crippen LogP contribution is 2.24. The number of nitro benzene ring substituents is 1. The molecule has 0 atom stereocenters. The van der Waals surface area contributed by atoms with E-state index in [1.165, 1.54) is 6.07 Å². The summed E-state index contributed by atoms with van der Waals surface area (Å²) in [5, 5.41) is 22.2. The normalized spacial score (nSPS) is 9.95. The molecule has 0 aliphatic carbocycles. The lowest BCUT2D eigenvalue weighted by atomic mass is 10.2. The number of ether oxygens (including phenoxy) is 1. The topological polar surface area (TPSA) is 119 Å². The van der Waals surface area contributed by atoms with Crippen molar-refractivity contribution < 1.29 is 24.4 Å². The van der Waals surface area contributed by atoms with E-state index in [-0.39, 0.29) is 29.5 Å². The van der Waals surface area contributed by atoms with Crippen molar-refractivity contribution >= 4 is 17.6 Å². The minimum absolute atomic E-state index is 0.0845. The van der Waals surface area contributed by atoms with Crippen LogP contribution in [0.5, 0.6) is 5.75 Å². The van der Waals surface area contributed by atoms with Crippen LogP contribution in [0.4, 0.5) is 5.69 Å². The first-order chi connectivity index (χ1) is 9.95. The van der Waals surface area contributed by atoms with Crippen LogP contribution in [-0.2, 0) is 4.79 Å². The molecular weight excluding hydrogens is 280 g/mol. The molecule has 114 valence electrons. The van der Waals surface area contributed by atoms with Crippen molar-refractivity contribution in [2.24, 2.45) is 0 Å². The molecule has 0 aromatic heterocycles. The summed E-state index contributed by atoms with van der Waals surface area (Å²) in [6, 6.07) is 3.18. The third kappa shape index (κ3) is 5.09. The monoisotopic (exact) mass is 296 g/mol. The highest BCUT2D eigenvalue weighted by molar-refractivity contribution is 5.92. The van der Waals surface area contributed by atoms with Crippen LogP contribution in [0.1, 0.15) is 30.1 Å². The zero-order valence-corrected chi connectivity index (χ0v) is 11.5. The molecule has 1 rings (SSSR count). The standard InChI is InChI=1S/C13H16N2O6/c1-2-3-6-14-12(16)8-21-11-5-4-9(15(19)20)7-10(11)13(17)18/h4-5,7H,2-3,6,8H2,1H3,(H,14,16)(H,17,18). The summed E-state index contributed by atoms with van der Waals surface area (Å²) < 4.78 is 5.11. The molecule has 0 heterocycles. The third-order valence-corrected chi connectivity index (χ3v) is 2.62. The first kappa shape index (κ1) is 16.4. The number of nitro groups is 1. The van der Waals surface area contributed by atoms with Gasteiger partial charge in [-0.15, -0.1) is 0 Å². The van der Waals surface area contributed by atoms with Crippen LogP contribution in [0.3, 0.4) is 0 Å². The molecule has 0 unspecified atom stereocenters. The minimum Gasteiger partial charge on any atom is -0.483 e. The molecule has 0 aliphatic rings. The van der Waals surface area contributed by atoms with Gasteiger partial charge in [0, 0.05) is 18.7 Å². The smallest absolute Gasteiger partial charge is 0.339 e. The lowest BCUT2D eigenvalue weighted by Gasteiger charge is -2.09.